The smallest absolute Gasteiger partial charge is 0.296 e. The van der Waals surface area contributed by atoms with E-state index >= 15 is 0 Å². The summed E-state index contributed by atoms with van der Waals surface area (Å²) in [6.45, 7) is 5.64. The molecule has 0 amide bonds. The Labute approximate surface area is 202 Å². The van der Waals surface area contributed by atoms with Crippen LogP contribution in [0.25, 0.3) is 0 Å². The molecule has 2 aromatic carbocycles. The quantitative estimate of drug-likeness (QED) is 0.256. The minimum Gasteiger partial charge on any atom is -0.492 e. The molecule has 0 radical (unpaired) electrons. The second-order valence-electron chi connectivity index (χ2n) is 7.88. The zero-order valence-electron chi connectivity index (χ0n) is 19.3. The van der Waals surface area contributed by atoms with Gasteiger partial charge in [-0.25, -0.2) is 0 Å². The Bertz CT molecular complexity index is 1180. The normalized spacial score (nSPS) is 13.7. The number of nitrogens with zero attached hydrogens (tertiary/aromatic N) is 3. The van der Waals surface area contributed by atoms with E-state index in [9.17, 15) is 14.9 Å². The molecule has 1 fully saturated rings. The Morgan fingerprint density at radius 2 is 1.89 bits per heavy atom. The predicted octanol–water partition coefficient (Wildman–Crippen LogP) is 4.44. The van der Waals surface area contributed by atoms with Crippen molar-refractivity contribution in [1.82, 2.24) is 9.88 Å². The average molecular weight is 479 g/mol. The molecular formula is C25H26N4O6. The van der Waals surface area contributed by atoms with Gasteiger partial charge in [0.05, 0.1) is 29.8 Å². The molecule has 182 valence electrons. The van der Waals surface area contributed by atoms with Gasteiger partial charge in [0.1, 0.15) is 29.6 Å². The number of carbonyl (C=O) groups is 1. The van der Waals surface area contributed by atoms with Crippen molar-refractivity contribution >= 4 is 23.0 Å². The number of pyridine rings is 1. The molecular weight excluding hydrogens is 452 g/mol. The number of ketones is 1. The summed E-state index contributed by atoms with van der Waals surface area (Å²) in [4.78, 5) is 29.9. The lowest BCUT2D eigenvalue weighted by Gasteiger charge is -2.26. The highest BCUT2D eigenvalue weighted by Crippen LogP contribution is 2.33. The van der Waals surface area contributed by atoms with Crippen LogP contribution >= 0.6 is 0 Å². The summed E-state index contributed by atoms with van der Waals surface area (Å²) in [7, 11) is 0. The maximum atomic E-state index is 12.0. The van der Waals surface area contributed by atoms with Gasteiger partial charge in [0, 0.05) is 19.6 Å². The van der Waals surface area contributed by atoms with Gasteiger partial charge < -0.3 is 19.5 Å². The molecule has 10 heteroatoms. The first-order chi connectivity index (χ1) is 17.0. The summed E-state index contributed by atoms with van der Waals surface area (Å²) >= 11 is 0. The summed E-state index contributed by atoms with van der Waals surface area (Å²) in [5.74, 6) is 1.12. The number of nitro groups is 1. The molecule has 2 heterocycles. The number of aromatic nitrogens is 1. The first-order valence-electron chi connectivity index (χ1n) is 11.2. The van der Waals surface area contributed by atoms with Crippen molar-refractivity contribution in [3.63, 3.8) is 0 Å². The van der Waals surface area contributed by atoms with E-state index in [0.29, 0.717) is 49.2 Å². The molecule has 4 rings (SSSR count). The first-order valence-corrected chi connectivity index (χ1v) is 11.2. The number of morpholine rings is 1. The Kier molecular flexibility index (Phi) is 7.86. The third-order valence-corrected chi connectivity index (χ3v) is 5.41. The number of benzene rings is 2. The van der Waals surface area contributed by atoms with Gasteiger partial charge in [0.25, 0.3) is 5.69 Å². The van der Waals surface area contributed by atoms with Gasteiger partial charge >= 0.3 is 0 Å². The summed E-state index contributed by atoms with van der Waals surface area (Å²) in [6.07, 6.45) is 0. The predicted molar refractivity (Wildman–Crippen MR) is 130 cm³/mol. The molecule has 1 N–H and O–H groups in total. The number of para-hydroxylation sites is 1. The molecule has 1 aliphatic rings. The Morgan fingerprint density at radius 3 is 2.60 bits per heavy atom. The Balaban J connectivity index is 1.49. The number of nitro benzene ring substituents is 1. The van der Waals surface area contributed by atoms with Crippen molar-refractivity contribution in [3.05, 3.63) is 76.3 Å². The van der Waals surface area contributed by atoms with Crippen molar-refractivity contribution < 1.29 is 23.9 Å². The van der Waals surface area contributed by atoms with Crippen molar-refractivity contribution in [3.8, 4) is 17.4 Å². The SMILES string of the molecule is CC(=O)c1ccc(Nc2ccc(OCCN3CCOCC3)cc2[N+](=O)[O-])nc1Oc1ccccc1. The van der Waals surface area contributed by atoms with Crippen molar-refractivity contribution in [2.75, 3.05) is 44.8 Å². The van der Waals surface area contributed by atoms with Gasteiger partial charge in [-0.3, -0.25) is 19.8 Å². The highest BCUT2D eigenvalue weighted by molar-refractivity contribution is 5.96. The van der Waals surface area contributed by atoms with E-state index in [1.165, 1.54) is 13.0 Å². The van der Waals surface area contributed by atoms with Gasteiger partial charge in [-0.15, -0.1) is 0 Å². The highest BCUT2D eigenvalue weighted by atomic mass is 16.6. The van der Waals surface area contributed by atoms with Gasteiger partial charge in [-0.2, -0.15) is 4.98 Å². The average Bonchev–Trinajstić information content (AvgIpc) is 2.86. The van der Waals surface area contributed by atoms with Gasteiger partial charge in [-0.05, 0) is 43.3 Å². The molecule has 10 nitrogen and oxygen atoms in total. The van der Waals surface area contributed by atoms with Gasteiger partial charge in [-0.1, -0.05) is 18.2 Å². The van der Waals surface area contributed by atoms with Crippen LogP contribution < -0.4 is 14.8 Å². The molecule has 0 atom stereocenters. The summed E-state index contributed by atoms with van der Waals surface area (Å²) in [6, 6.07) is 16.7. The molecule has 0 spiro atoms. The van der Waals surface area contributed by atoms with Crippen LogP contribution in [0.4, 0.5) is 17.2 Å². The van der Waals surface area contributed by atoms with Gasteiger partial charge in [0.15, 0.2) is 5.78 Å². The molecule has 0 bridgehead atoms. The lowest BCUT2D eigenvalue weighted by Crippen LogP contribution is -2.38. The standard InChI is InChI=1S/C25H26N4O6/c1-18(30)21-8-10-24(27-25(21)35-19-5-3-2-4-6-19)26-22-9-7-20(17-23(22)29(31)32)34-16-13-28-11-14-33-15-12-28/h2-10,17H,11-16H2,1H3,(H,26,27). The largest absolute Gasteiger partial charge is 0.492 e. The Morgan fingerprint density at radius 1 is 1.11 bits per heavy atom. The van der Waals surface area contributed by atoms with Crippen LogP contribution in [-0.4, -0.2) is 60.0 Å². The number of hydrogen-bond donors (Lipinski definition) is 1. The molecule has 35 heavy (non-hydrogen) atoms. The fourth-order valence-corrected chi connectivity index (χ4v) is 3.57. The van der Waals surface area contributed by atoms with Crippen LogP contribution in [0.15, 0.2) is 60.7 Å². The number of Topliss-reactive ketones (excluding diaryl/α,β-unsaturated/α-hetero) is 1. The van der Waals surface area contributed by atoms with Crippen molar-refractivity contribution in [1.29, 1.82) is 0 Å². The molecule has 3 aromatic rings. The number of carbonyl (C=O) groups excluding carboxylic acids is 1. The third kappa shape index (κ3) is 6.52. The fraction of sp³-hybridized carbons (Fsp3) is 0.280. The number of nitrogens with one attached hydrogen (secondary N) is 1. The number of hydrogen-bond acceptors (Lipinski definition) is 9. The molecule has 1 saturated heterocycles. The molecule has 1 aromatic heterocycles. The first kappa shape index (κ1) is 24.1. The maximum Gasteiger partial charge on any atom is 0.296 e. The molecule has 0 aliphatic carbocycles. The topological polar surface area (TPSA) is 116 Å². The number of rotatable bonds is 10. The van der Waals surface area contributed by atoms with E-state index in [1.807, 2.05) is 6.07 Å². The summed E-state index contributed by atoms with van der Waals surface area (Å²) < 4.78 is 16.9. The van der Waals surface area contributed by atoms with Gasteiger partial charge in [0.2, 0.25) is 5.88 Å². The number of ether oxygens (including phenoxy) is 3. The zero-order chi connectivity index (χ0) is 24.6. The van der Waals surface area contributed by atoms with Crippen molar-refractivity contribution in [2.45, 2.75) is 6.92 Å². The van der Waals surface area contributed by atoms with E-state index in [4.69, 9.17) is 14.2 Å². The van der Waals surface area contributed by atoms with Crippen LogP contribution in [0.5, 0.6) is 17.4 Å². The van der Waals surface area contributed by atoms with Crippen LogP contribution in [0.3, 0.4) is 0 Å². The zero-order valence-corrected chi connectivity index (χ0v) is 19.3. The summed E-state index contributed by atoms with van der Waals surface area (Å²) in [5, 5.41) is 14.7. The number of anilines is 2. The second-order valence-corrected chi connectivity index (χ2v) is 7.88. The van der Waals surface area contributed by atoms with Crippen LogP contribution in [0, 0.1) is 10.1 Å². The van der Waals surface area contributed by atoms with Crippen LogP contribution in [0.2, 0.25) is 0 Å². The van der Waals surface area contributed by atoms with Crippen LogP contribution in [-0.2, 0) is 4.74 Å². The maximum absolute atomic E-state index is 12.0. The lowest BCUT2D eigenvalue weighted by molar-refractivity contribution is -0.384. The van der Waals surface area contributed by atoms with E-state index in [2.05, 4.69) is 15.2 Å². The van der Waals surface area contributed by atoms with E-state index in [1.54, 1.807) is 48.5 Å². The third-order valence-electron chi connectivity index (χ3n) is 5.41. The Hall–Kier alpha value is -4.02. The highest BCUT2D eigenvalue weighted by Gasteiger charge is 2.18. The monoisotopic (exact) mass is 478 g/mol. The minimum atomic E-state index is -0.484. The second kappa shape index (κ2) is 11.4. The van der Waals surface area contributed by atoms with E-state index < -0.39 is 4.92 Å². The molecule has 1 aliphatic heterocycles. The molecule has 0 saturated carbocycles. The molecule has 0 unspecified atom stereocenters. The van der Waals surface area contributed by atoms with Crippen molar-refractivity contribution in [2.24, 2.45) is 0 Å². The lowest BCUT2D eigenvalue weighted by atomic mass is 10.2. The van der Waals surface area contributed by atoms with E-state index in [-0.39, 0.29) is 23.0 Å². The van der Waals surface area contributed by atoms with Crippen LogP contribution in [0.1, 0.15) is 17.3 Å². The van der Waals surface area contributed by atoms with E-state index in [0.717, 1.165) is 13.1 Å². The summed E-state index contributed by atoms with van der Waals surface area (Å²) in [5.41, 5.74) is 0.388. The fourth-order valence-electron chi connectivity index (χ4n) is 3.57. The minimum absolute atomic E-state index is 0.111.